The minimum Gasteiger partial charge on any atom is -0.490 e. The van der Waals surface area contributed by atoms with Gasteiger partial charge in [0, 0.05) is 35.7 Å². The molecule has 0 spiro atoms. The lowest BCUT2D eigenvalue weighted by molar-refractivity contribution is -0.110. The first-order valence-corrected chi connectivity index (χ1v) is 10.1. The van der Waals surface area contributed by atoms with Crippen LogP contribution < -0.4 is 15.4 Å². The molecule has 1 amide bonds. The van der Waals surface area contributed by atoms with Gasteiger partial charge in [-0.25, -0.2) is 4.39 Å². The molecular weight excluding hydrogens is 369 g/mol. The topological polar surface area (TPSA) is 53.6 Å². The van der Waals surface area contributed by atoms with E-state index in [1.165, 1.54) is 6.07 Å². The summed E-state index contributed by atoms with van der Waals surface area (Å²) < 4.78 is 20.0. The van der Waals surface area contributed by atoms with Gasteiger partial charge in [0.1, 0.15) is 0 Å². The molecule has 3 rings (SSSR count). The molecular formula is C23H28FN3O2. The average molecular weight is 397 g/mol. The number of hydrogen-bond donors (Lipinski definition) is 2. The van der Waals surface area contributed by atoms with Gasteiger partial charge in [-0.1, -0.05) is 26.0 Å². The molecule has 0 aliphatic carbocycles. The maximum atomic E-state index is 14.4. The standard InChI is InChI=1S/C23H28FN3O2/c1-4-27(5-2)12-7-13-29-21-11-10-17(14-19(21)24)25-15-18-22-16(3)8-6-9-20(22)26-23(18)28/h6,8-11,14-15,25H,4-5,7,12-13H2,1-3H3,(H,26,28)/b18-15+. The van der Waals surface area contributed by atoms with Crippen LogP contribution in [0.1, 0.15) is 31.4 Å². The van der Waals surface area contributed by atoms with Gasteiger partial charge in [-0.15, -0.1) is 0 Å². The lowest BCUT2D eigenvalue weighted by Crippen LogP contribution is -2.25. The molecule has 2 aromatic carbocycles. The lowest BCUT2D eigenvalue weighted by atomic mass is 10.0. The summed E-state index contributed by atoms with van der Waals surface area (Å²) >= 11 is 0. The summed E-state index contributed by atoms with van der Waals surface area (Å²) in [6.45, 7) is 9.62. The van der Waals surface area contributed by atoms with Crippen LogP contribution >= 0.6 is 0 Å². The summed E-state index contributed by atoms with van der Waals surface area (Å²) in [5.74, 6) is -0.360. The molecule has 1 aliphatic heterocycles. The van der Waals surface area contributed by atoms with Gasteiger partial charge < -0.3 is 20.3 Å². The first-order valence-electron chi connectivity index (χ1n) is 10.1. The van der Waals surface area contributed by atoms with Gasteiger partial charge in [0.15, 0.2) is 11.6 Å². The Bertz CT molecular complexity index is 907. The van der Waals surface area contributed by atoms with Crippen LogP contribution in [-0.2, 0) is 4.79 Å². The first kappa shape index (κ1) is 20.9. The van der Waals surface area contributed by atoms with E-state index < -0.39 is 5.82 Å². The number of anilines is 2. The predicted octanol–water partition coefficient (Wildman–Crippen LogP) is 4.65. The van der Waals surface area contributed by atoms with Crippen molar-refractivity contribution < 1.29 is 13.9 Å². The van der Waals surface area contributed by atoms with Crippen molar-refractivity contribution in [2.75, 3.05) is 36.9 Å². The number of rotatable bonds is 9. The zero-order valence-electron chi connectivity index (χ0n) is 17.2. The summed E-state index contributed by atoms with van der Waals surface area (Å²) in [5, 5.41) is 5.87. The fourth-order valence-corrected chi connectivity index (χ4v) is 3.44. The van der Waals surface area contributed by atoms with Crippen molar-refractivity contribution in [2.45, 2.75) is 27.2 Å². The number of ether oxygens (including phenoxy) is 1. The fourth-order valence-electron chi connectivity index (χ4n) is 3.44. The number of fused-ring (bicyclic) bond motifs is 1. The number of nitrogens with one attached hydrogen (secondary N) is 2. The van der Waals surface area contributed by atoms with Gasteiger partial charge >= 0.3 is 0 Å². The maximum absolute atomic E-state index is 14.4. The fraction of sp³-hybridized carbons (Fsp3) is 0.348. The van der Waals surface area contributed by atoms with Crippen LogP contribution in [0.3, 0.4) is 0 Å². The van der Waals surface area contributed by atoms with E-state index in [1.54, 1.807) is 18.3 Å². The summed E-state index contributed by atoms with van der Waals surface area (Å²) in [6, 6.07) is 10.5. The molecule has 0 fully saturated rings. The minimum absolute atomic E-state index is 0.171. The van der Waals surface area contributed by atoms with Crippen LogP contribution in [0.15, 0.2) is 42.6 Å². The number of aryl methyl sites for hydroxylation is 1. The molecule has 154 valence electrons. The Morgan fingerprint density at radius 2 is 2.00 bits per heavy atom. The highest BCUT2D eigenvalue weighted by molar-refractivity contribution is 6.32. The molecule has 2 aromatic rings. The Labute approximate surface area is 171 Å². The van der Waals surface area contributed by atoms with Gasteiger partial charge in [0.2, 0.25) is 0 Å². The van der Waals surface area contributed by atoms with Crippen LogP contribution in [0.5, 0.6) is 5.75 Å². The Kier molecular flexibility index (Phi) is 6.88. The number of amides is 1. The number of carbonyl (C=O) groups is 1. The van der Waals surface area contributed by atoms with Gasteiger partial charge in [-0.3, -0.25) is 4.79 Å². The molecule has 0 radical (unpaired) electrons. The largest absolute Gasteiger partial charge is 0.490 e. The molecule has 6 heteroatoms. The molecule has 5 nitrogen and oxygen atoms in total. The van der Waals surface area contributed by atoms with Gasteiger partial charge in [0.25, 0.3) is 5.91 Å². The second-order valence-corrected chi connectivity index (χ2v) is 7.03. The number of benzene rings is 2. The van der Waals surface area contributed by atoms with Crippen LogP contribution in [0.4, 0.5) is 15.8 Å². The van der Waals surface area contributed by atoms with Crippen molar-refractivity contribution in [3.8, 4) is 5.75 Å². The molecule has 1 aliphatic rings. The van der Waals surface area contributed by atoms with E-state index in [4.69, 9.17) is 4.74 Å². The highest BCUT2D eigenvalue weighted by atomic mass is 19.1. The van der Waals surface area contributed by atoms with E-state index in [0.717, 1.165) is 42.9 Å². The number of hydrogen-bond acceptors (Lipinski definition) is 4. The van der Waals surface area contributed by atoms with E-state index in [-0.39, 0.29) is 11.7 Å². The molecule has 0 atom stereocenters. The highest BCUT2D eigenvalue weighted by Gasteiger charge is 2.25. The minimum atomic E-state index is -0.427. The third-order valence-electron chi connectivity index (χ3n) is 5.12. The molecule has 0 bridgehead atoms. The Balaban J connectivity index is 1.62. The van der Waals surface area contributed by atoms with E-state index in [0.29, 0.717) is 17.9 Å². The van der Waals surface area contributed by atoms with E-state index in [9.17, 15) is 9.18 Å². The first-order chi connectivity index (χ1) is 14.0. The normalized spacial score (nSPS) is 14.2. The van der Waals surface area contributed by atoms with E-state index in [1.807, 2.05) is 25.1 Å². The highest BCUT2D eigenvalue weighted by Crippen LogP contribution is 2.34. The van der Waals surface area contributed by atoms with E-state index >= 15 is 0 Å². The van der Waals surface area contributed by atoms with Crippen molar-refractivity contribution in [3.63, 3.8) is 0 Å². The Hall–Kier alpha value is -2.86. The third-order valence-corrected chi connectivity index (χ3v) is 5.12. The van der Waals surface area contributed by atoms with Crippen molar-refractivity contribution in [1.29, 1.82) is 0 Å². The molecule has 29 heavy (non-hydrogen) atoms. The summed E-state index contributed by atoms with van der Waals surface area (Å²) in [5.41, 5.74) is 3.77. The Morgan fingerprint density at radius 3 is 2.72 bits per heavy atom. The monoisotopic (exact) mass is 397 g/mol. The van der Waals surface area contributed by atoms with Crippen molar-refractivity contribution in [2.24, 2.45) is 0 Å². The summed E-state index contributed by atoms with van der Waals surface area (Å²) in [6.07, 6.45) is 2.47. The number of nitrogens with zero attached hydrogens (tertiary/aromatic N) is 1. The third kappa shape index (κ3) is 4.95. The maximum Gasteiger partial charge on any atom is 0.257 e. The van der Waals surface area contributed by atoms with Gasteiger partial charge in [-0.05, 0) is 50.2 Å². The quantitative estimate of drug-likeness (QED) is 0.478. The SMILES string of the molecule is CCN(CC)CCCOc1ccc(N/C=C2/C(=O)Nc3cccc(C)c32)cc1F. The van der Waals surface area contributed by atoms with Crippen LogP contribution in [0.2, 0.25) is 0 Å². The zero-order valence-corrected chi connectivity index (χ0v) is 17.2. The number of carbonyl (C=O) groups excluding carboxylic acids is 1. The smallest absolute Gasteiger partial charge is 0.257 e. The summed E-state index contributed by atoms with van der Waals surface area (Å²) in [4.78, 5) is 14.6. The molecule has 0 unspecified atom stereocenters. The molecule has 0 saturated carbocycles. The van der Waals surface area contributed by atoms with Gasteiger partial charge in [-0.2, -0.15) is 0 Å². The second kappa shape index (κ2) is 9.56. The van der Waals surface area contributed by atoms with E-state index in [2.05, 4.69) is 29.4 Å². The van der Waals surface area contributed by atoms with Crippen LogP contribution in [0, 0.1) is 12.7 Å². The summed E-state index contributed by atoms with van der Waals surface area (Å²) in [7, 11) is 0. The van der Waals surface area contributed by atoms with Crippen molar-refractivity contribution in [1.82, 2.24) is 4.90 Å². The molecule has 0 aromatic heterocycles. The lowest BCUT2D eigenvalue weighted by Gasteiger charge is -2.17. The van der Waals surface area contributed by atoms with Gasteiger partial charge in [0.05, 0.1) is 12.2 Å². The van der Waals surface area contributed by atoms with Crippen LogP contribution in [-0.4, -0.2) is 37.0 Å². The molecule has 2 N–H and O–H groups in total. The average Bonchev–Trinajstić information content (AvgIpc) is 3.04. The zero-order chi connectivity index (χ0) is 20.8. The van der Waals surface area contributed by atoms with Crippen LogP contribution in [0.25, 0.3) is 5.57 Å². The van der Waals surface area contributed by atoms with Crippen molar-refractivity contribution >= 4 is 22.9 Å². The molecule has 0 saturated heterocycles. The Morgan fingerprint density at radius 1 is 1.21 bits per heavy atom. The second-order valence-electron chi connectivity index (χ2n) is 7.03. The predicted molar refractivity (Wildman–Crippen MR) is 116 cm³/mol. The van der Waals surface area contributed by atoms with Crippen molar-refractivity contribution in [3.05, 3.63) is 59.5 Å². The number of halogens is 1. The molecule has 1 heterocycles.